The molecule has 0 aromatic rings. The zero-order valence-electron chi connectivity index (χ0n) is 12.0. The van der Waals surface area contributed by atoms with Gasteiger partial charge in [0.2, 0.25) is 5.91 Å². The van der Waals surface area contributed by atoms with Gasteiger partial charge in [-0.25, -0.2) is 0 Å². The molecule has 18 heavy (non-hydrogen) atoms. The monoisotopic (exact) mass is 258 g/mol. The van der Waals surface area contributed by atoms with E-state index >= 15 is 0 Å². The van der Waals surface area contributed by atoms with Crippen LogP contribution in [0.2, 0.25) is 0 Å². The Labute approximate surface area is 109 Å². The van der Waals surface area contributed by atoms with E-state index in [-0.39, 0.29) is 5.91 Å². The molecule has 0 saturated carbocycles. The third-order valence-corrected chi connectivity index (χ3v) is 3.74. The van der Waals surface area contributed by atoms with Gasteiger partial charge in [-0.15, -0.1) is 0 Å². The van der Waals surface area contributed by atoms with Crippen LogP contribution in [0, 0.1) is 5.41 Å². The maximum absolute atomic E-state index is 11.9. The molecule has 0 aliphatic heterocycles. The third kappa shape index (κ3) is 3.98. The number of rotatable bonds is 7. The standard InChI is InChI=1S/C13H26N2O3/c1-6-7-8-9(14)10(16)15-13(4,5)12(2,3)11(17)18/h9H,6-8,14H2,1-5H3,(H,15,16)(H,17,18)/t9-/m0/s1. The summed E-state index contributed by atoms with van der Waals surface area (Å²) in [6.07, 6.45) is 2.48. The number of nitrogens with one attached hydrogen (secondary N) is 1. The number of nitrogens with two attached hydrogens (primary N) is 1. The lowest BCUT2D eigenvalue weighted by Gasteiger charge is -2.39. The van der Waals surface area contributed by atoms with Crippen LogP contribution in [0.5, 0.6) is 0 Å². The van der Waals surface area contributed by atoms with Crippen molar-refractivity contribution in [3.05, 3.63) is 0 Å². The molecule has 0 saturated heterocycles. The highest BCUT2D eigenvalue weighted by molar-refractivity contribution is 5.84. The Bertz CT molecular complexity index is 311. The first kappa shape index (κ1) is 16.9. The molecule has 0 radical (unpaired) electrons. The van der Waals surface area contributed by atoms with Crippen LogP contribution in [0.25, 0.3) is 0 Å². The fraction of sp³-hybridized carbons (Fsp3) is 0.846. The molecule has 1 amide bonds. The molecule has 106 valence electrons. The Morgan fingerprint density at radius 1 is 1.28 bits per heavy atom. The summed E-state index contributed by atoms with van der Waals surface area (Å²) in [7, 11) is 0. The quantitative estimate of drug-likeness (QED) is 0.645. The molecule has 0 rings (SSSR count). The number of carbonyl (C=O) groups excluding carboxylic acids is 1. The highest BCUT2D eigenvalue weighted by Crippen LogP contribution is 2.30. The molecule has 4 N–H and O–H groups in total. The second-order valence-corrected chi connectivity index (χ2v) is 5.79. The van der Waals surface area contributed by atoms with E-state index in [0.717, 1.165) is 12.8 Å². The van der Waals surface area contributed by atoms with Crippen molar-refractivity contribution in [1.29, 1.82) is 0 Å². The Balaban J connectivity index is 4.67. The summed E-state index contributed by atoms with van der Waals surface area (Å²) in [5, 5.41) is 11.9. The van der Waals surface area contributed by atoms with Gasteiger partial charge in [-0.1, -0.05) is 19.8 Å². The summed E-state index contributed by atoms with van der Waals surface area (Å²) in [4.78, 5) is 23.1. The van der Waals surface area contributed by atoms with Crippen LogP contribution in [0.1, 0.15) is 53.9 Å². The lowest BCUT2D eigenvalue weighted by Crippen LogP contribution is -2.59. The Morgan fingerprint density at radius 3 is 2.17 bits per heavy atom. The van der Waals surface area contributed by atoms with Gasteiger partial charge >= 0.3 is 5.97 Å². The van der Waals surface area contributed by atoms with Gasteiger partial charge in [0.15, 0.2) is 0 Å². The number of carboxylic acids is 1. The first-order valence-corrected chi connectivity index (χ1v) is 6.37. The van der Waals surface area contributed by atoms with E-state index in [1.54, 1.807) is 27.7 Å². The van der Waals surface area contributed by atoms with Crippen molar-refractivity contribution in [3.63, 3.8) is 0 Å². The topological polar surface area (TPSA) is 92.4 Å². The van der Waals surface area contributed by atoms with Crippen molar-refractivity contribution in [1.82, 2.24) is 5.32 Å². The van der Waals surface area contributed by atoms with Crippen LogP contribution in [0.15, 0.2) is 0 Å². The van der Waals surface area contributed by atoms with Gasteiger partial charge in [0, 0.05) is 0 Å². The molecular weight excluding hydrogens is 232 g/mol. The van der Waals surface area contributed by atoms with Crippen molar-refractivity contribution < 1.29 is 14.7 Å². The smallest absolute Gasteiger partial charge is 0.311 e. The number of hydrogen-bond donors (Lipinski definition) is 3. The summed E-state index contributed by atoms with van der Waals surface area (Å²) in [6.45, 7) is 8.61. The summed E-state index contributed by atoms with van der Waals surface area (Å²) in [5.41, 5.74) is 3.85. The van der Waals surface area contributed by atoms with E-state index < -0.39 is 23.0 Å². The average molecular weight is 258 g/mol. The molecule has 0 unspecified atom stereocenters. The van der Waals surface area contributed by atoms with E-state index in [1.807, 2.05) is 6.92 Å². The van der Waals surface area contributed by atoms with Gasteiger partial charge in [-0.05, 0) is 34.1 Å². The Hall–Kier alpha value is -1.10. The van der Waals surface area contributed by atoms with E-state index in [0.29, 0.717) is 6.42 Å². The van der Waals surface area contributed by atoms with Crippen LogP contribution < -0.4 is 11.1 Å². The minimum atomic E-state index is -1.06. The van der Waals surface area contributed by atoms with E-state index in [1.165, 1.54) is 0 Å². The molecule has 0 aromatic carbocycles. The molecule has 0 aromatic heterocycles. The number of hydrogen-bond acceptors (Lipinski definition) is 3. The number of carboxylic acid groups (broad SMARTS) is 1. The highest BCUT2D eigenvalue weighted by Gasteiger charge is 2.44. The number of amides is 1. The van der Waals surface area contributed by atoms with Gasteiger partial charge < -0.3 is 16.2 Å². The summed E-state index contributed by atoms with van der Waals surface area (Å²) >= 11 is 0. The van der Waals surface area contributed by atoms with Gasteiger partial charge in [0.1, 0.15) is 0 Å². The van der Waals surface area contributed by atoms with Crippen molar-refractivity contribution in [2.45, 2.75) is 65.5 Å². The van der Waals surface area contributed by atoms with Gasteiger partial charge in [-0.3, -0.25) is 9.59 Å². The van der Waals surface area contributed by atoms with Crippen LogP contribution in [0.4, 0.5) is 0 Å². The maximum Gasteiger partial charge on any atom is 0.311 e. The number of unbranched alkanes of at least 4 members (excludes halogenated alkanes) is 1. The zero-order chi connectivity index (χ0) is 14.6. The molecule has 0 heterocycles. The molecule has 0 aliphatic carbocycles. The fourth-order valence-electron chi connectivity index (χ4n) is 1.38. The van der Waals surface area contributed by atoms with Gasteiger partial charge in [0.05, 0.1) is 17.0 Å². The SMILES string of the molecule is CCCC[C@H](N)C(=O)NC(C)(C)C(C)(C)C(=O)O. The lowest BCUT2D eigenvalue weighted by atomic mass is 9.74. The molecule has 0 aliphatic rings. The molecule has 5 heteroatoms. The molecule has 5 nitrogen and oxygen atoms in total. The average Bonchev–Trinajstić information content (AvgIpc) is 2.24. The van der Waals surface area contributed by atoms with Crippen molar-refractivity contribution in [2.75, 3.05) is 0 Å². The Morgan fingerprint density at radius 2 is 1.78 bits per heavy atom. The summed E-state index contributed by atoms with van der Waals surface area (Å²) in [5.74, 6) is -1.24. The van der Waals surface area contributed by atoms with E-state index in [9.17, 15) is 14.7 Å². The van der Waals surface area contributed by atoms with Crippen LogP contribution >= 0.6 is 0 Å². The van der Waals surface area contributed by atoms with Crippen LogP contribution in [-0.2, 0) is 9.59 Å². The second kappa shape index (κ2) is 6.18. The third-order valence-electron chi connectivity index (χ3n) is 3.74. The first-order chi connectivity index (χ1) is 8.06. The van der Waals surface area contributed by atoms with Crippen molar-refractivity contribution in [2.24, 2.45) is 11.1 Å². The minimum absolute atomic E-state index is 0.289. The number of carbonyl (C=O) groups is 2. The zero-order valence-corrected chi connectivity index (χ0v) is 12.0. The van der Waals surface area contributed by atoms with Crippen LogP contribution in [-0.4, -0.2) is 28.6 Å². The van der Waals surface area contributed by atoms with Gasteiger partial charge in [-0.2, -0.15) is 0 Å². The minimum Gasteiger partial charge on any atom is -0.481 e. The highest BCUT2D eigenvalue weighted by atomic mass is 16.4. The molecular formula is C13H26N2O3. The molecule has 0 bridgehead atoms. The van der Waals surface area contributed by atoms with Crippen molar-refractivity contribution >= 4 is 11.9 Å². The molecule has 0 fully saturated rings. The predicted octanol–water partition coefficient (Wildman–Crippen LogP) is 1.51. The second-order valence-electron chi connectivity index (χ2n) is 5.79. The summed E-state index contributed by atoms with van der Waals surface area (Å²) in [6, 6.07) is -0.575. The van der Waals surface area contributed by atoms with E-state index in [4.69, 9.17) is 5.73 Å². The van der Waals surface area contributed by atoms with Crippen molar-refractivity contribution in [3.8, 4) is 0 Å². The Kier molecular flexibility index (Phi) is 5.80. The first-order valence-electron chi connectivity index (χ1n) is 6.37. The van der Waals surface area contributed by atoms with Gasteiger partial charge in [0.25, 0.3) is 0 Å². The van der Waals surface area contributed by atoms with E-state index in [2.05, 4.69) is 5.32 Å². The maximum atomic E-state index is 11.9. The summed E-state index contributed by atoms with van der Waals surface area (Å²) < 4.78 is 0. The lowest BCUT2D eigenvalue weighted by molar-refractivity contribution is -0.151. The molecule has 0 spiro atoms. The predicted molar refractivity (Wildman–Crippen MR) is 71.1 cm³/mol. The normalized spacial score (nSPS) is 14.1. The van der Waals surface area contributed by atoms with Crippen LogP contribution in [0.3, 0.4) is 0 Å². The fourth-order valence-corrected chi connectivity index (χ4v) is 1.38. The number of aliphatic carboxylic acids is 1. The largest absolute Gasteiger partial charge is 0.481 e. The molecule has 1 atom stereocenters.